The predicted octanol–water partition coefficient (Wildman–Crippen LogP) is 5.63. The van der Waals surface area contributed by atoms with E-state index in [4.69, 9.17) is 4.74 Å². The van der Waals surface area contributed by atoms with Crippen LogP contribution < -0.4 is 0 Å². The molecule has 0 aromatic heterocycles. The topological polar surface area (TPSA) is 53.0 Å². The third-order valence-corrected chi connectivity index (χ3v) is 10.8. The van der Waals surface area contributed by atoms with Gasteiger partial charge in [0.15, 0.2) is 0 Å². The minimum Gasteiger partial charge on any atom is -0.393 e. The molecule has 0 amide bonds. The van der Waals surface area contributed by atoms with Gasteiger partial charge in [0.1, 0.15) is 11.7 Å². The van der Waals surface area contributed by atoms with E-state index in [0.29, 0.717) is 17.8 Å². The van der Waals surface area contributed by atoms with Crippen LogP contribution in [0.4, 0.5) is 0 Å². The van der Waals surface area contributed by atoms with Gasteiger partial charge in [-0.2, -0.15) is 0 Å². The van der Waals surface area contributed by atoms with E-state index in [2.05, 4.69) is 40.7 Å². The number of hydrogen-bond donors (Lipinski definition) is 2. The number of ether oxygens (including phenoxy) is 1. The van der Waals surface area contributed by atoms with Gasteiger partial charge in [0, 0.05) is 11.8 Å². The van der Waals surface area contributed by atoms with Crippen molar-refractivity contribution in [3.63, 3.8) is 0 Å². The average Bonchev–Trinajstić information content (AvgIpc) is 3.25. The number of aliphatic hydroxyl groups excluding tert-OH is 1. The van der Waals surface area contributed by atoms with Crippen LogP contribution in [0.15, 0.2) is 11.6 Å². The van der Waals surface area contributed by atoms with E-state index in [1.165, 1.54) is 37.7 Å². The maximum atomic E-state index is 12.3. The standard InChI is InChI=1S/C27H44O3/c1-17(2)7-6-8-18(3)20-9-10-21-22-15-23-27(30-23)16-19(28)11-12-25(27,5)26(22,29)14-13-24(20,21)4/h15,17-21,23,28-29H,6-14,16H2,1-5H3. The first-order valence-corrected chi connectivity index (χ1v) is 12.9. The van der Waals surface area contributed by atoms with Gasteiger partial charge in [-0.25, -0.2) is 0 Å². The Kier molecular flexibility index (Phi) is 4.87. The molecule has 1 spiro atoms. The maximum absolute atomic E-state index is 12.3. The third kappa shape index (κ3) is 2.67. The van der Waals surface area contributed by atoms with Crippen LogP contribution >= 0.6 is 0 Å². The normalized spacial score (nSPS) is 52.7. The van der Waals surface area contributed by atoms with Crippen molar-refractivity contribution < 1.29 is 14.9 Å². The van der Waals surface area contributed by atoms with Gasteiger partial charge < -0.3 is 14.9 Å². The highest BCUT2D eigenvalue weighted by atomic mass is 16.6. The van der Waals surface area contributed by atoms with E-state index < -0.39 is 5.60 Å². The van der Waals surface area contributed by atoms with Crippen LogP contribution in [0.25, 0.3) is 0 Å². The minimum absolute atomic E-state index is 0.109. The van der Waals surface area contributed by atoms with Gasteiger partial charge in [-0.05, 0) is 73.2 Å². The molecule has 30 heavy (non-hydrogen) atoms. The molecule has 5 aliphatic rings. The maximum Gasteiger partial charge on any atom is 0.110 e. The van der Waals surface area contributed by atoms with Crippen molar-refractivity contribution in [1.82, 2.24) is 0 Å². The van der Waals surface area contributed by atoms with E-state index in [0.717, 1.165) is 43.4 Å². The Bertz CT molecular complexity index is 730. The van der Waals surface area contributed by atoms with E-state index in [9.17, 15) is 10.2 Å². The summed E-state index contributed by atoms with van der Waals surface area (Å²) in [5.41, 5.74) is 0.314. The lowest BCUT2D eigenvalue weighted by Gasteiger charge is -2.60. The summed E-state index contributed by atoms with van der Waals surface area (Å²) >= 11 is 0. The molecule has 1 aliphatic heterocycles. The fraction of sp³-hybridized carbons (Fsp3) is 0.926. The molecular weight excluding hydrogens is 372 g/mol. The van der Waals surface area contributed by atoms with Crippen molar-refractivity contribution in [2.24, 2.45) is 34.5 Å². The Morgan fingerprint density at radius 2 is 1.83 bits per heavy atom. The van der Waals surface area contributed by atoms with Crippen molar-refractivity contribution in [2.45, 2.75) is 122 Å². The molecule has 1 heterocycles. The molecular formula is C27H44O3. The lowest BCUT2D eigenvalue weighted by Crippen LogP contribution is -2.65. The van der Waals surface area contributed by atoms with Gasteiger partial charge >= 0.3 is 0 Å². The van der Waals surface area contributed by atoms with Crippen LogP contribution in [0.5, 0.6) is 0 Å². The van der Waals surface area contributed by atoms with E-state index >= 15 is 0 Å². The molecule has 9 unspecified atom stereocenters. The van der Waals surface area contributed by atoms with Crippen LogP contribution in [0.3, 0.4) is 0 Å². The van der Waals surface area contributed by atoms with Crippen LogP contribution in [-0.4, -0.2) is 33.6 Å². The molecule has 0 bridgehead atoms. The Hall–Kier alpha value is -0.380. The minimum atomic E-state index is -0.750. The Morgan fingerprint density at radius 3 is 2.57 bits per heavy atom. The van der Waals surface area contributed by atoms with Gasteiger partial charge in [-0.15, -0.1) is 0 Å². The summed E-state index contributed by atoms with van der Waals surface area (Å²) in [5, 5.41) is 22.6. The number of epoxide rings is 1. The summed E-state index contributed by atoms with van der Waals surface area (Å²) in [6.45, 7) is 12.0. The van der Waals surface area contributed by atoms with Crippen LogP contribution in [-0.2, 0) is 4.74 Å². The Labute approximate surface area is 183 Å². The summed E-state index contributed by atoms with van der Waals surface area (Å²) in [6, 6.07) is 0. The summed E-state index contributed by atoms with van der Waals surface area (Å²) in [7, 11) is 0. The van der Waals surface area contributed by atoms with Gasteiger partial charge in [0.05, 0.1) is 11.7 Å². The fourth-order valence-corrected chi connectivity index (χ4v) is 8.88. The molecule has 4 fully saturated rings. The van der Waals surface area contributed by atoms with Crippen LogP contribution in [0.2, 0.25) is 0 Å². The summed E-state index contributed by atoms with van der Waals surface area (Å²) < 4.78 is 6.33. The van der Waals surface area contributed by atoms with Gasteiger partial charge in [-0.3, -0.25) is 0 Å². The first-order chi connectivity index (χ1) is 14.1. The zero-order valence-corrected chi connectivity index (χ0v) is 19.9. The molecule has 0 aromatic carbocycles. The predicted molar refractivity (Wildman–Crippen MR) is 120 cm³/mol. The number of hydrogen-bond acceptors (Lipinski definition) is 3. The lowest BCUT2D eigenvalue weighted by atomic mass is 9.45. The molecule has 0 aromatic rings. The van der Waals surface area contributed by atoms with Crippen molar-refractivity contribution >= 4 is 0 Å². The second kappa shape index (κ2) is 6.81. The second-order valence-electron chi connectivity index (χ2n) is 12.7. The molecule has 3 nitrogen and oxygen atoms in total. The summed E-state index contributed by atoms with van der Waals surface area (Å²) in [5.74, 6) is 2.84. The van der Waals surface area contributed by atoms with Gasteiger partial charge in [-0.1, -0.05) is 60.0 Å². The third-order valence-electron chi connectivity index (χ3n) is 10.8. The summed E-state index contributed by atoms with van der Waals surface area (Å²) in [4.78, 5) is 0. The average molecular weight is 417 g/mol. The highest BCUT2D eigenvalue weighted by Crippen LogP contribution is 2.73. The highest BCUT2D eigenvalue weighted by molar-refractivity contribution is 5.44. The highest BCUT2D eigenvalue weighted by Gasteiger charge is 2.78. The monoisotopic (exact) mass is 416 g/mol. The Balaban J connectivity index is 1.41. The van der Waals surface area contributed by atoms with Crippen LogP contribution in [0.1, 0.15) is 98.8 Å². The number of rotatable bonds is 5. The van der Waals surface area contributed by atoms with Crippen molar-refractivity contribution in [3.8, 4) is 0 Å². The summed E-state index contributed by atoms with van der Waals surface area (Å²) in [6.07, 6.45) is 13.1. The number of aliphatic hydroxyl groups is 2. The largest absolute Gasteiger partial charge is 0.393 e. The first kappa shape index (κ1) is 21.5. The van der Waals surface area contributed by atoms with Gasteiger partial charge in [0.2, 0.25) is 0 Å². The fourth-order valence-electron chi connectivity index (χ4n) is 8.88. The quantitative estimate of drug-likeness (QED) is 0.451. The Morgan fingerprint density at radius 1 is 1.07 bits per heavy atom. The van der Waals surface area contributed by atoms with Gasteiger partial charge in [0.25, 0.3) is 0 Å². The van der Waals surface area contributed by atoms with E-state index in [1.54, 1.807) is 0 Å². The van der Waals surface area contributed by atoms with Crippen molar-refractivity contribution in [2.75, 3.05) is 0 Å². The second-order valence-corrected chi connectivity index (χ2v) is 12.7. The smallest absolute Gasteiger partial charge is 0.110 e. The molecule has 5 rings (SSSR count). The lowest BCUT2D eigenvalue weighted by molar-refractivity contribution is -0.157. The SMILES string of the molecule is CC(C)CCCC(C)C1CCC2C3=CC4OC45CC(O)CCC5(C)C3(O)CCC21C. The molecule has 3 heteroatoms. The van der Waals surface area contributed by atoms with E-state index in [-0.39, 0.29) is 23.2 Å². The van der Waals surface area contributed by atoms with Crippen molar-refractivity contribution in [3.05, 3.63) is 11.6 Å². The molecule has 170 valence electrons. The molecule has 3 saturated carbocycles. The van der Waals surface area contributed by atoms with Crippen molar-refractivity contribution in [1.29, 1.82) is 0 Å². The van der Waals surface area contributed by atoms with Crippen LogP contribution in [0, 0.1) is 34.5 Å². The first-order valence-electron chi connectivity index (χ1n) is 12.9. The zero-order chi connectivity index (χ0) is 21.5. The molecule has 1 saturated heterocycles. The molecule has 4 aliphatic carbocycles. The number of fused-ring (bicyclic) bond motifs is 4. The molecule has 2 N–H and O–H groups in total. The zero-order valence-electron chi connectivity index (χ0n) is 19.9. The van der Waals surface area contributed by atoms with E-state index in [1.807, 2.05) is 0 Å². The molecule has 0 radical (unpaired) electrons. The molecule has 9 atom stereocenters.